The highest BCUT2D eigenvalue weighted by Gasteiger charge is 2.08. The lowest BCUT2D eigenvalue weighted by Crippen LogP contribution is -2.11. The largest absolute Gasteiger partial charge is 0.316 e. The Morgan fingerprint density at radius 2 is 2.17 bits per heavy atom. The summed E-state index contributed by atoms with van der Waals surface area (Å²) in [5, 5.41) is 7.57. The lowest BCUT2D eigenvalue weighted by atomic mass is 10.1. The third-order valence-corrected chi connectivity index (χ3v) is 2.84. The van der Waals surface area contributed by atoms with E-state index in [1.807, 2.05) is 32.4 Å². The van der Waals surface area contributed by atoms with Gasteiger partial charge in [0.05, 0.1) is 5.69 Å². The molecule has 2 aromatic rings. The first-order valence-corrected chi connectivity index (χ1v) is 6.15. The van der Waals surface area contributed by atoms with Crippen LogP contribution < -0.4 is 5.32 Å². The first kappa shape index (κ1) is 12.7. The van der Waals surface area contributed by atoms with Crippen LogP contribution in [0.5, 0.6) is 0 Å². The summed E-state index contributed by atoms with van der Waals surface area (Å²) in [4.78, 5) is 8.83. The maximum Gasteiger partial charge on any atom is 0.250 e. The third-order valence-electron chi connectivity index (χ3n) is 2.84. The summed E-state index contributed by atoms with van der Waals surface area (Å²) in [6.07, 6.45) is 3.76. The molecule has 0 atom stereocenters. The maximum atomic E-state index is 4.48. The van der Waals surface area contributed by atoms with Crippen LogP contribution in [-0.4, -0.2) is 26.8 Å². The van der Waals surface area contributed by atoms with Crippen molar-refractivity contribution in [3.8, 4) is 5.95 Å². The summed E-state index contributed by atoms with van der Waals surface area (Å²) in [5.41, 5.74) is 3.14. The lowest BCUT2D eigenvalue weighted by Gasteiger charge is -2.06. The molecule has 0 radical (unpaired) electrons. The molecule has 0 unspecified atom stereocenters. The van der Waals surface area contributed by atoms with Gasteiger partial charge in [-0.2, -0.15) is 5.10 Å². The number of nitrogens with one attached hydrogen (secondary N) is 1. The van der Waals surface area contributed by atoms with Crippen LogP contribution in [0.25, 0.3) is 5.95 Å². The van der Waals surface area contributed by atoms with E-state index in [-0.39, 0.29) is 0 Å². The summed E-state index contributed by atoms with van der Waals surface area (Å²) in [6, 6.07) is 2.00. The van der Waals surface area contributed by atoms with Gasteiger partial charge in [0.1, 0.15) is 0 Å². The van der Waals surface area contributed by atoms with Crippen LogP contribution in [0.1, 0.15) is 36.7 Å². The zero-order chi connectivity index (χ0) is 13.1. The number of aryl methyl sites for hydroxylation is 1. The van der Waals surface area contributed by atoms with Gasteiger partial charge < -0.3 is 5.32 Å². The van der Waals surface area contributed by atoms with Crippen molar-refractivity contribution in [2.24, 2.45) is 0 Å². The molecular formula is C13H19N5. The van der Waals surface area contributed by atoms with Crippen LogP contribution in [0, 0.1) is 6.92 Å². The van der Waals surface area contributed by atoms with Gasteiger partial charge in [0.15, 0.2) is 0 Å². The molecule has 0 aromatic carbocycles. The van der Waals surface area contributed by atoms with Crippen molar-refractivity contribution in [3.05, 3.63) is 35.4 Å². The van der Waals surface area contributed by atoms with Crippen molar-refractivity contribution in [2.45, 2.75) is 33.2 Å². The molecule has 0 aliphatic heterocycles. The number of rotatable bonds is 4. The molecule has 1 N–H and O–H groups in total. The Labute approximate surface area is 107 Å². The molecule has 0 saturated heterocycles. The van der Waals surface area contributed by atoms with Crippen molar-refractivity contribution >= 4 is 0 Å². The highest BCUT2D eigenvalue weighted by atomic mass is 15.3. The van der Waals surface area contributed by atoms with Gasteiger partial charge in [-0.3, -0.25) is 0 Å². The van der Waals surface area contributed by atoms with Crippen LogP contribution in [-0.2, 0) is 6.54 Å². The Hall–Kier alpha value is -1.75. The fourth-order valence-corrected chi connectivity index (χ4v) is 1.71. The summed E-state index contributed by atoms with van der Waals surface area (Å²) < 4.78 is 1.73. The minimum Gasteiger partial charge on any atom is -0.316 e. The average Bonchev–Trinajstić information content (AvgIpc) is 2.81. The van der Waals surface area contributed by atoms with Gasteiger partial charge in [-0.05, 0) is 26.0 Å². The molecule has 0 saturated carbocycles. The van der Waals surface area contributed by atoms with Crippen LogP contribution >= 0.6 is 0 Å². The minimum atomic E-state index is 0.413. The van der Waals surface area contributed by atoms with Gasteiger partial charge in [-0.15, -0.1) is 0 Å². The molecule has 2 rings (SSSR count). The van der Waals surface area contributed by atoms with Crippen molar-refractivity contribution in [2.75, 3.05) is 7.05 Å². The van der Waals surface area contributed by atoms with E-state index >= 15 is 0 Å². The third kappa shape index (κ3) is 2.56. The van der Waals surface area contributed by atoms with E-state index in [1.165, 1.54) is 0 Å². The van der Waals surface area contributed by atoms with Crippen molar-refractivity contribution in [1.82, 2.24) is 25.1 Å². The molecule has 0 amide bonds. The van der Waals surface area contributed by atoms with Gasteiger partial charge in [0.2, 0.25) is 0 Å². The minimum absolute atomic E-state index is 0.413. The van der Waals surface area contributed by atoms with Crippen molar-refractivity contribution in [3.63, 3.8) is 0 Å². The molecule has 5 nitrogen and oxygen atoms in total. The predicted molar refractivity (Wildman–Crippen MR) is 70.7 cm³/mol. The monoisotopic (exact) mass is 245 g/mol. The van der Waals surface area contributed by atoms with Gasteiger partial charge >= 0.3 is 0 Å². The molecule has 2 heterocycles. The number of aromatic nitrogens is 4. The van der Waals surface area contributed by atoms with E-state index in [4.69, 9.17) is 0 Å². The summed E-state index contributed by atoms with van der Waals surface area (Å²) in [7, 11) is 1.91. The smallest absolute Gasteiger partial charge is 0.250 e. The SMILES string of the molecule is CNCc1cnc(-n2ccc(C(C)C)n2)nc1C. The van der Waals surface area contributed by atoms with Gasteiger partial charge in [-0.1, -0.05) is 13.8 Å². The van der Waals surface area contributed by atoms with E-state index < -0.39 is 0 Å². The molecule has 0 fully saturated rings. The molecule has 96 valence electrons. The molecule has 2 aromatic heterocycles. The molecule has 18 heavy (non-hydrogen) atoms. The van der Waals surface area contributed by atoms with E-state index in [0.29, 0.717) is 11.9 Å². The topological polar surface area (TPSA) is 55.6 Å². The number of hydrogen-bond acceptors (Lipinski definition) is 4. The number of hydrogen-bond donors (Lipinski definition) is 1. The highest BCUT2D eigenvalue weighted by Crippen LogP contribution is 2.13. The second-order valence-electron chi connectivity index (χ2n) is 4.65. The lowest BCUT2D eigenvalue weighted by molar-refractivity contribution is 0.729. The fourth-order valence-electron chi connectivity index (χ4n) is 1.71. The highest BCUT2D eigenvalue weighted by molar-refractivity contribution is 5.22. The number of nitrogens with zero attached hydrogens (tertiary/aromatic N) is 4. The molecule has 0 spiro atoms. The summed E-state index contributed by atoms with van der Waals surface area (Å²) in [6.45, 7) is 7.01. The first-order chi connectivity index (χ1) is 8.61. The van der Waals surface area contributed by atoms with Gasteiger partial charge in [-0.25, -0.2) is 14.6 Å². The Morgan fingerprint density at radius 1 is 1.39 bits per heavy atom. The second kappa shape index (κ2) is 5.27. The van der Waals surface area contributed by atoms with Crippen LogP contribution in [0.15, 0.2) is 18.5 Å². The van der Waals surface area contributed by atoms with Gasteiger partial charge in [0, 0.05) is 30.2 Å². The average molecular weight is 245 g/mol. The summed E-state index contributed by atoms with van der Waals surface area (Å²) in [5.74, 6) is 1.04. The maximum absolute atomic E-state index is 4.48. The van der Waals surface area contributed by atoms with E-state index in [0.717, 1.165) is 23.5 Å². The molecular weight excluding hydrogens is 226 g/mol. The predicted octanol–water partition coefficient (Wildman–Crippen LogP) is 1.81. The zero-order valence-electron chi connectivity index (χ0n) is 11.3. The van der Waals surface area contributed by atoms with Crippen molar-refractivity contribution in [1.29, 1.82) is 0 Å². The first-order valence-electron chi connectivity index (χ1n) is 6.15. The van der Waals surface area contributed by atoms with E-state index in [2.05, 4.69) is 34.2 Å². The Morgan fingerprint density at radius 3 is 2.72 bits per heavy atom. The van der Waals surface area contributed by atoms with E-state index in [9.17, 15) is 0 Å². The van der Waals surface area contributed by atoms with Crippen LogP contribution in [0.2, 0.25) is 0 Å². The Balaban J connectivity index is 2.30. The molecule has 0 aliphatic carbocycles. The zero-order valence-corrected chi connectivity index (χ0v) is 11.3. The molecule has 0 bridgehead atoms. The van der Waals surface area contributed by atoms with Gasteiger partial charge in [0.25, 0.3) is 5.95 Å². The quantitative estimate of drug-likeness (QED) is 0.892. The molecule has 5 heteroatoms. The van der Waals surface area contributed by atoms with Crippen LogP contribution in [0.4, 0.5) is 0 Å². The Bertz CT molecular complexity index is 530. The Kier molecular flexibility index (Phi) is 3.72. The summed E-state index contributed by atoms with van der Waals surface area (Å²) >= 11 is 0. The van der Waals surface area contributed by atoms with E-state index in [1.54, 1.807) is 4.68 Å². The van der Waals surface area contributed by atoms with Crippen LogP contribution in [0.3, 0.4) is 0 Å². The van der Waals surface area contributed by atoms with Crippen molar-refractivity contribution < 1.29 is 0 Å². The second-order valence-corrected chi connectivity index (χ2v) is 4.65. The molecule has 0 aliphatic rings. The fraction of sp³-hybridized carbons (Fsp3) is 0.462. The standard InChI is InChI=1S/C13H19N5/c1-9(2)12-5-6-18(17-12)13-15-8-11(7-14-4)10(3)16-13/h5-6,8-9,14H,7H2,1-4H3. The normalized spacial score (nSPS) is 11.2.